The summed E-state index contributed by atoms with van der Waals surface area (Å²) >= 11 is 0. The summed E-state index contributed by atoms with van der Waals surface area (Å²) in [5, 5.41) is 4.76. The Morgan fingerprint density at radius 3 is 2.92 bits per heavy atom. The summed E-state index contributed by atoms with van der Waals surface area (Å²) in [6.07, 6.45) is 0.124. The third-order valence-corrected chi connectivity index (χ3v) is 2.69. The lowest BCUT2D eigenvalue weighted by Crippen LogP contribution is -2.35. The second-order valence-electron chi connectivity index (χ2n) is 2.96. The molecule has 2 rings (SSSR count). The monoisotopic (exact) mass is 193 g/mol. The maximum Gasteiger partial charge on any atom is 0.274 e. The standard InChI is InChI=1S/C5H11N3O3S/c6-12(9,10)7-3-4-5-8(4)1-2-11-5/h4-5,7H,1-3H2,(H2,6,9,10). The van der Waals surface area contributed by atoms with Crippen LogP contribution in [0.15, 0.2) is 0 Å². The van der Waals surface area contributed by atoms with Gasteiger partial charge in [-0.3, -0.25) is 4.90 Å². The van der Waals surface area contributed by atoms with Crippen molar-refractivity contribution >= 4 is 10.2 Å². The van der Waals surface area contributed by atoms with E-state index >= 15 is 0 Å². The molecule has 2 aliphatic rings. The lowest BCUT2D eigenvalue weighted by Gasteiger charge is -2.02. The molecule has 0 amide bonds. The van der Waals surface area contributed by atoms with E-state index in [1.54, 1.807) is 0 Å². The molecule has 0 radical (unpaired) electrons. The summed E-state index contributed by atoms with van der Waals surface area (Å²) in [6.45, 7) is 1.99. The van der Waals surface area contributed by atoms with E-state index in [2.05, 4.69) is 9.62 Å². The quantitative estimate of drug-likeness (QED) is 0.499. The van der Waals surface area contributed by atoms with Gasteiger partial charge < -0.3 is 4.74 Å². The van der Waals surface area contributed by atoms with Gasteiger partial charge in [-0.1, -0.05) is 0 Å². The van der Waals surface area contributed by atoms with Crippen molar-refractivity contribution in [1.29, 1.82) is 0 Å². The van der Waals surface area contributed by atoms with E-state index in [1.165, 1.54) is 0 Å². The van der Waals surface area contributed by atoms with Crippen molar-refractivity contribution in [2.75, 3.05) is 19.7 Å². The SMILES string of the molecule is NS(=O)(=O)NCC1C2OCCN12. The smallest absolute Gasteiger partial charge is 0.274 e. The van der Waals surface area contributed by atoms with Crippen molar-refractivity contribution in [3.8, 4) is 0 Å². The first kappa shape index (κ1) is 8.39. The van der Waals surface area contributed by atoms with Gasteiger partial charge in [0.15, 0.2) is 0 Å². The van der Waals surface area contributed by atoms with Gasteiger partial charge in [0, 0.05) is 13.1 Å². The number of fused-ring (bicyclic) bond motifs is 1. The van der Waals surface area contributed by atoms with Crippen molar-refractivity contribution < 1.29 is 13.2 Å². The van der Waals surface area contributed by atoms with Gasteiger partial charge in [0.2, 0.25) is 0 Å². The number of ether oxygens (including phenoxy) is 1. The molecule has 7 heteroatoms. The van der Waals surface area contributed by atoms with Gasteiger partial charge in [0.25, 0.3) is 10.2 Å². The van der Waals surface area contributed by atoms with Gasteiger partial charge in [-0.2, -0.15) is 8.42 Å². The summed E-state index contributed by atoms with van der Waals surface area (Å²) in [5.74, 6) is 0. The maximum absolute atomic E-state index is 10.5. The fourth-order valence-corrected chi connectivity index (χ4v) is 1.91. The second kappa shape index (κ2) is 2.64. The molecule has 0 spiro atoms. The molecule has 0 bridgehead atoms. The average Bonchev–Trinajstić information content (AvgIpc) is 2.41. The third-order valence-electron chi connectivity index (χ3n) is 2.12. The zero-order chi connectivity index (χ0) is 8.77. The molecule has 0 saturated carbocycles. The van der Waals surface area contributed by atoms with E-state index in [4.69, 9.17) is 9.88 Å². The lowest BCUT2D eigenvalue weighted by atomic mass is 10.4. The molecule has 3 unspecified atom stereocenters. The molecule has 6 nitrogen and oxygen atoms in total. The van der Waals surface area contributed by atoms with E-state index in [1.807, 2.05) is 0 Å². The fourth-order valence-electron chi connectivity index (χ4n) is 1.50. The first-order valence-electron chi connectivity index (χ1n) is 3.73. The molecule has 2 aliphatic heterocycles. The van der Waals surface area contributed by atoms with E-state index in [0.29, 0.717) is 6.54 Å². The molecule has 0 aromatic carbocycles. The third kappa shape index (κ3) is 1.59. The number of nitrogens with two attached hydrogens (primary N) is 1. The average molecular weight is 193 g/mol. The minimum Gasteiger partial charge on any atom is -0.360 e. The molecule has 3 atom stereocenters. The van der Waals surface area contributed by atoms with Crippen LogP contribution in [0.2, 0.25) is 0 Å². The van der Waals surface area contributed by atoms with Crippen LogP contribution in [0.5, 0.6) is 0 Å². The molecular formula is C5H11N3O3S. The number of nitrogens with zero attached hydrogens (tertiary/aromatic N) is 1. The Balaban J connectivity index is 1.77. The summed E-state index contributed by atoms with van der Waals surface area (Å²) in [6, 6.07) is 0.192. The highest BCUT2D eigenvalue weighted by Crippen LogP contribution is 2.32. The van der Waals surface area contributed by atoms with Crippen LogP contribution in [-0.4, -0.2) is 45.3 Å². The van der Waals surface area contributed by atoms with Crippen LogP contribution in [0.4, 0.5) is 0 Å². The topological polar surface area (TPSA) is 84.4 Å². The zero-order valence-corrected chi connectivity index (χ0v) is 7.25. The molecule has 0 aliphatic carbocycles. The van der Waals surface area contributed by atoms with Gasteiger partial charge in [0.05, 0.1) is 12.6 Å². The van der Waals surface area contributed by atoms with Gasteiger partial charge >= 0.3 is 0 Å². The molecule has 12 heavy (non-hydrogen) atoms. The van der Waals surface area contributed by atoms with Crippen LogP contribution in [0.25, 0.3) is 0 Å². The van der Waals surface area contributed by atoms with Crippen molar-refractivity contribution in [3.63, 3.8) is 0 Å². The first-order valence-corrected chi connectivity index (χ1v) is 5.27. The van der Waals surface area contributed by atoms with Crippen LogP contribution in [0.1, 0.15) is 0 Å². The summed E-state index contributed by atoms with van der Waals surface area (Å²) < 4.78 is 28.5. The number of hydrogen-bond donors (Lipinski definition) is 2. The highest BCUT2D eigenvalue weighted by atomic mass is 32.2. The molecule has 0 aromatic rings. The van der Waals surface area contributed by atoms with E-state index < -0.39 is 10.2 Å². The van der Waals surface area contributed by atoms with E-state index in [-0.39, 0.29) is 12.3 Å². The normalized spacial score (nSPS) is 39.6. The molecule has 0 aromatic heterocycles. The molecule has 2 fully saturated rings. The van der Waals surface area contributed by atoms with Crippen LogP contribution in [-0.2, 0) is 14.9 Å². The molecule has 2 heterocycles. The number of hydrogen-bond acceptors (Lipinski definition) is 4. The molecule has 2 saturated heterocycles. The van der Waals surface area contributed by atoms with Crippen molar-refractivity contribution in [2.45, 2.75) is 12.3 Å². The lowest BCUT2D eigenvalue weighted by molar-refractivity contribution is 0.151. The first-order chi connectivity index (χ1) is 5.58. The van der Waals surface area contributed by atoms with Crippen LogP contribution in [0, 0.1) is 0 Å². The zero-order valence-electron chi connectivity index (χ0n) is 6.43. The second-order valence-corrected chi connectivity index (χ2v) is 4.34. The Kier molecular flexibility index (Phi) is 1.85. The Bertz CT molecular complexity index is 268. The minimum atomic E-state index is -3.54. The highest BCUT2D eigenvalue weighted by Gasteiger charge is 2.51. The predicted molar refractivity (Wildman–Crippen MR) is 41.3 cm³/mol. The van der Waals surface area contributed by atoms with Gasteiger partial charge in [-0.15, -0.1) is 0 Å². The number of morpholine rings is 1. The van der Waals surface area contributed by atoms with Crippen molar-refractivity contribution in [1.82, 2.24) is 9.62 Å². The van der Waals surface area contributed by atoms with Gasteiger partial charge in [-0.25, -0.2) is 9.86 Å². The fraction of sp³-hybridized carbons (Fsp3) is 1.00. The summed E-state index contributed by atoms with van der Waals surface area (Å²) in [4.78, 5) is 2.08. The Morgan fingerprint density at radius 1 is 1.67 bits per heavy atom. The largest absolute Gasteiger partial charge is 0.360 e. The van der Waals surface area contributed by atoms with E-state index in [9.17, 15) is 8.42 Å². The Morgan fingerprint density at radius 2 is 2.42 bits per heavy atom. The van der Waals surface area contributed by atoms with Gasteiger partial charge in [0.1, 0.15) is 6.23 Å². The molecule has 70 valence electrons. The number of nitrogens with one attached hydrogen (secondary N) is 1. The van der Waals surface area contributed by atoms with Crippen molar-refractivity contribution in [3.05, 3.63) is 0 Å². The summed E-state index contributed by atoms with van der Waals surface area (Å²) in [5.41, 5.74) is 0. The molecular weight excluding hydrogens is 182 g/mol. The molecule has 3 N–H and O–H groups in total. The Labute approximate surface area is 70.8 Å². The predicted octanol–water partition coefficient (Wildman–Crippen LogP) is -2.18. The van der Waals surface area contributed by atoms with Gasteiger partial charge in [-0.05, 0) is 0 Å². The summed E-state index contributed by atoms with van der Waals surface area (Å²) in [7, 11) is -3.54. The van der Waals surface area contributed by atoms with E-state index in [0.717, 1.165) is 13.2 Å². The van der Waals surface area contributed by atoms with Crippen molar-refractivity contribution in [2.24, 2.45) is 5.14 Å². The number of rotatable bonds is 3. The van der Waals surface area contributed by atoms with Crippen LogP contribution >= 0.6 is 0 Å². The minimum absolute atomic E-state index is 0.124. The maximum atomic E-state index is 10.5. The Hall–Kier alpha value is -0.210. The highest BCUT2D eigenvalue weighted by molar-refractivity contribution is 7.87. The van der Waals surface area contributed by atoms with Crippen LogP contribution in [0.3, 0.4) is 0 Å². The van der Waals surface area contributed by atoms with Crippen LogP contribution < -0.4 is 9.86 Å².